The summed E-state index contributed by atoms with van der Waals surface area (Å²) in [5.41, 5.74) is 4.53. The van der Waals surface area contributed by atoms with E-state index >= 15 is 0 Å². The second kappa shape index (κ2) is 8.32. The average molecular weight is 397 g/mol. The first kappa shape index (κ1) is 20.4. The molecule has 2 amide bonds. The van der Waals surface area contributed by atoms with Gasteiger partial charge in [-0.1, -0.05) is 0 Å². The molecule has 2 aliphatic rings. The lowest BCUT2D eigenvalue weighted by Gasteiger charge is -2.23. The van der Waals surface area contributed by atoms with Gasteiger partial charge in [-0.25, -0.2) is 4.79 Å². The Kier molecular flexibility index (Phi) is 6.05. The van der Waals surface area contributed by atoms with Gasteiger partial charge in [0.15, 0.2) is 6.23 Å². The van der Waals surface area contributed by atoms with E-state index in [-0.39, 0.29) is 18.3 Å². The molecule has 0 saturated carbocycles. The molecule has 2 fully saturated rings. The molecule has 2 saturated heterocycles. The number of anilines is 1. The Bertz CT molecular complexity index is 800. The van der Waals surface area contributed by atoms with E-state index in [1.165, 1.54) is 17.2 Å². The van der Waals surface area contributed by atoms with Crippen LogP contribution in [0.1, 0.15) is 19.1 Å². The fourth-order valence-electron chi connectivity index (χ4n) is 3.45. The first-order chi connectivity index (χ1) is 13.4. The van der Waals surface area contributed by atoms with E-state index in [0.717, 1.165) is 4.57 Å². The molecule has 0 aromatic carbocycles. The van der Waals surface area contributed by atoms with Gasteiger partial charge in [-0.15, -0.1) is 0 Å². The molecule has 0 unspecified atom stereocenters. The van der Waals surface area contributed by atoms with Crippen LogP contribution in [0.5, 0.6) is 0 Å². The molecule has 3 rings (SSSR count). The molecule has 154 valence electrons. The summed E-state index contributed by atoms with van der Waals surface area (Å²) >= 11 is 0. The SMILES string of the molecule is NCC(=O)N1CCC[C@H]1C(=O)Nc1ccn([C@@H]2O[C@H](CO)[C@@H](O)[C@H]2O)c(=O)n1. The Labute approximate surface area is 159 Å². The fourth-order valence-corrected chi connectivity index (χ4v) is 3.45. The van der Waals surface area contributed by atoms with Crippen molar-refractivity contribution in [2.45, 2.75) is 43.4 Å². The number of carbonyl (C=O) groups excluding carboxylic acids is 2. The highest BCUT2D eigenvalue weighted by molar-refractivity contribution is 5.97. The maximum atomic E-state index is 12.5. The number of hydrogen-bond acceptors (Lipinski definition) is 9. The molecule has 6 N–H and O–H groups in total. The van der Waals surface area contributed by atoms with Crippen molar-refractivity contribution in [1.29, 1.82) is 0 Å². The molecule has 3 heterocycles. The Morgan fingerprint density at radius 2 is 2.11 bits per heavy atom. The zero-order chi connectivity index (χ0) is 20.4. The van der Waals surface area contributed by atoms with Crippen molar-refractivity contribution >= 4 is 17.6 Å². The van der Waals surface area contributed by atoms with Crippen LogP contribution in [0.2, 0.25) is 0 Å². The van der Waals surface area contributed by atoms with Crippen molar-refractivity contribution in [3.8, 4) is 0 Å². The molecule has 5 atom stereocenters. The molecule has 0 spiro atoms. The van der Waals surface area contributed by atoms with Crippen LogP contribution in [0.15, 0.2) is 17.1 Å². The van der Waals surface area contributed by atoms with E-state index in [1.54, 1.807) is 0 Å². The van der Waals surface area contributed by atoms with Gasteiger partial charge in [0, 0.05) is 12.7 Å². The predicted octanol–water partition coefficient (Wildman–Crippen LogP) is -3.26. The maximum Gasteiger partial charge on any atom is 0.351 e. The van der Waals surface area contributed by atoms with Crippen molar-refractivity contribution in [3.63, 3.8) is 0 Å². The van der Waals surface area contributed by atoms with Gasteiger partial charge in [-0.3, -0.25) is 14.2 Å². The van der Waals surface area contributed by atoms with Crippen LogP contribution in [0.4, 0.5) is 5.82 Å². The van der Waals surface area contributed by atoms with Crippen LogP contribution in [0.25, 0.3) is 0 Å². The Hall–Kier alpha value is -2.38. The summed E-state index contributed by atoms with van der Waals surface area (Å²) in [6, 6.07) is 0.652. The number of ether oxygens (including phenoxy) is 1. The van der Waals surface area contributed by atoms with Crippen LogP contribution in [-0.4, -0.2) is 85.6 Å². The maximum absolute atomic E-state index is 12.5. The molecule has 0 radical (unpaired) electrons. The number of rotatable bonds is 5. The van der Waals surface area contributed by atoms with Gasteiger partial charge in [0.05, 0.1) is 13.2 Å². The highest BCUT2D eigenvalue weighted by Crippen LogP contribution is 2.28. The van der Waals surface area contributed by atoms with E-state index < -0.39 is 48.8 Å². The normalized spacial score (nSPS) is 29.9. The number of carbonyl (C=O) groups is 2. The number of nitrogens with one attached hydrogen (secondary N) is 1. The number of aliphatic hydroxyl groups excluding tert-OH is 3. The van der Waals surface area contributed by atoms with E-state index in [0.29, 0.717) is 19.4 Å². The average Bonchev–Trinajstić information content (AvgIpc) is 3.27. The summed E-state index contributed by atoms with van der Waals surface area (Å²) < 4.78 is 6.24. The van der Waals surface area contributed by atoms with Gasteiger partial charge in [0.2, 0.25) is 11.8 Å². The summed E-state index contributed by atoms with van der Waals surface area (Å²) in [5.74, 6) is -0.827. The van der Waals surface area contributed by atoms with Gasteiger partial charge < -0.3 is 36.0 Å². The van der Waals surface area contributed by atoms with E-state index in [9.17, 15) is 24.6 Å². The second-order valence-electron chi connectivity index (χ2n) is 6.67. The van der Waals surface area contributed by atoms with E-state index in [4.69, 9.17) is 15.6 Å². The molecule has 12 heteroatoms. The van der Waals surface area contributed by atoms with Gasteiger partial charge >= 0.3 is 5.69 Å². The van der Waals surface area contributed by atoms with Crippen molar-refractivity contribution in [1.82, 2.24) is 14.5 Å². The lowest BCUT2D eigenvalue weighted by atomic mass is 10.1. The minimum absolute atomic E-state index is 0.0231. The number of likely N-dealkylation sites (tertiary alicyclic amines) is 1. The highest BCUT2D eigenvalue weighted by Gasteiger charge is 2.43. The standard InChI is InChI=1S/C16H23N5O7/c17-6-11(23)20-4-1-2-8(20)14(26)18-10-3-5-21(16(27)19-10)15-13(25)12(24)9(7-22)28-15/h3,5,8-9,12-13,15,22,24-25H,1-2,4,6-7,17H2,(H,18,19,26,27)/t8-,9+,12+,13+,15+/m0/s1. The zero-order valence-electron chi connectivity index (χ0n) is 15.0. The largest absolute Gasteiger partial charge is 0.394 e. The summed E-state index contributed by atoms with van der Waals surface area (Å²) in [6.45, 7) is -0.276. The first-order valence-electron chi connectivity index (χ1n) is 8.89. The quantitative estimate of drug-likeness (QED) is 0.341. The van der Waals surface area contributed by atoms with Crippen molar-refractivity contribution in [2.24, 2.45) is 5.73 Å². The minimum Gasteiger partial charge on any atom is -0.394 e. The van der Waals surface area contributed by atoms with Gasteiger partial charge in [-0.05, 0) is 18.9 Å². The minimum atomic E-state index is -1.42. The number of nitrogens with zero attached hydrogens (tertiary/aromatic N) is 3. The first-order valence-corrected chi connectivity index (χ1v) is 8.89. The molecule has 28 heavy (non-hydrogen) atoms. The third-order valence-corrected chi connectivity index (χ3v) is 4.92. The van der Waals surface area contributed by atoms with Crippen molar-refractivity contribution in [3.05, 3.63) is 22.7 Å². The zero-order valence-corrected chi connectivity index (χ0v) is 15.0. The van der Waals surface area contributed by atoms with Gasteiger partial charge in [0.1, 0.15) is 30.2 Å². The van der Waals surface area contributed by atoms with E-state index in [2.05, 4.69) is 10.3 Å². The number of hydrogen-bond donors (Lipinski definition) is 5. The lowest BCUT2D eigenvalue weighted by molar-refractivity contribution is -0.135. The summed E-state index contributed by atoms with van der Waals surface area (Å²) in [7, 11) is 0. The van der Waals surface area contributed by atoms with Crippen molar-refractivity contribution < 1.29 is 29.6 Å². The third kappa shape index (κ3) is 3.77. The summed E-state index contributed by atoms with van der Waals surface area (Å²) in [4.78, 5) is 41.7. The smallest absolute Gasteiger partial charge is 0.351 e. The second-order valence-corrected chi connectivity index (χ2v) is 6.67. The molecule has 1 aromatic heterocycles. The summed E-state index contributed by atoms with van der Waals surface area (Å²) in [6.07, 6.45) is -2.62. The molecule has 2 aliphatic heterocycles. The number of aromatic nitrogens is 2. The Balaban J connectivity index is 1.72. The molecular weight excluding hydrogens is 374 g/mol. The van der Waals surface area contributed by atoms with Crippen LogP contribution >= 0.6 is 0 Å². The lowest BCUT2D eigenvalue weighted by Crippen LogP contribution is -2.45. The molecule has 0 aliphatic carbocycles. The van der Waals surface area contributed by atoms with E-state index in [1.807, 2.05) is 0 Å². The van der Waals surface area contributed by atoms with Crippen LogP contribution < -0.4 is 16.7 Å². The molecule has 1 aromatic rings. The fraction of sp³-hybridized carbons (Fsp3) is 0.625. The monoisotopic (exact) mass is 397 g/mol. The molecule has 12 nitrogen and oxygen atoms in total. The number of nitrogens with two attached hydrogens (primary N) is 1. The topological polar surface area (TPSA) is 180 Å². The van der Waals surface area contributed by atoms with Crippen LogP contribution in [0, 0.1) is 0 Å². The highest BCUT2D eigenvalue weighted by atomic mass is 16.6. The molecular formula is C16H23N5O7. The third-order valence-electron chi connectivity index (χ3n) is 4.92. The Morgan fingerprint density at radius 3 is 2.71 bits per heavy atom. The predicted molar refractivity (Wildman–Crippen MR) is 93.9 cm³/mol. The molecule has 0 bridgehead atoms. The van der Waals surface area contributed by atoms with Crippen LogP contribution in [0.3, 0.4) is 0 Å². The number of aliphatic hydroxyl groups is 3. The van der Waals surface area contributed by atoms with Gasteiger partial charge in [0.25, 0.3) is 0 Å². The Morgan fingerprint density at radius 1 is 1.36 bits per heavy atom. The van der Waals surface area contributed by atoms with Gasteiger partial charge in [-0.2, -0.15) is 4.98 Å². The number of amides is 2. The van der Waals surface area contributed by atoms with Crippen molar-refractivity contribution in [2.75, 3.05) is 25.0 Å². The van der Waals surface area contributed by atoms with Crippen LogP contribution in [-0.2, 0) is 14.3 Å². The summed E-state index contributed by atoms with van der Waals surface area (Å²) in [5, 5.41) is 31.4.